The molecule has 1 aromatic heterocycles. The zero-order valence-corrected chi connectivity index (χ0v) is 16.6. The van der Waals surface area contributed by atoms with Crippen molar-refractivity contribution in [3.63, 3.8) is 0 Å². The molecule has 0 spiro atoms. The maximum absolute atomic E-state index is 5.66. The van der Waals surface area contributed by atoms with Crippen LogP contribution in [0, 0.1) is 0 Å². The number of benzene rings is 2. The predicted molar refractivity (Wildman–Crippen MR) is 110 cm³/mol. The minimum Gasteiger partial charge on any atom is -0.493 e. The van der Waals surface area contributed by atoms with Gasteiger partial charge in [0.15, 0.2) is 11.5 Å². The summed E-state index contributed by atoms with van der Waals surface area (Å²) in [6.07, 6.45) is 1.83. The zero-order valence-electron chi connectivity index (χ0n) is 16.6. The Morgan fingerprint density at radius 3 is 2.11 bits per heavy atom. The molecule has 0 saturated carbocycles. The molecule has 0 fully saturated rings. The first-order valence-corrected chi connectivity index (χ1v) is 9.19. The monoisotopic (exact) mass is 378 g/mol. The summed E-state index contributed by atoms with van der Waals surface area (Å²) in [5.41, 5.74) is 3.31. The Labute approximate surface area is 166 Å². The average molecular weight is 378 g/mol. The van der Waals surface area contributed by atoms with Crippen LogP contribution in [0.1, 0.15) is 16.8 Å². The summed E-state index contributed by atoms with van der Waals surface area (Å²) in [6.45, 7) is 2.22. The van der Waals surface area contributed by atoms with Crippen molar-refractivity contribution in [1.29, 1.82) is 0 Å². The van der Waals surface area contributed by atoms with Crippen LogP contribution in [0.4, 0.5) is 0 Å². The van der Waals surface area contributed by atoms with Crippen molar-refractivity contribution in [2.45, 2.75) is 19.6 Å². The molecule has 0 aliphatic rings. The van der Waals surface area contributed by atoms with Crippen molar-refractivity contribution in [3.05, 3.63) is 83.7 Å². The highest BCUT2D eigenvalue weighted by Crippen LogP contribution is 2.40. The van der Waals surface area contributed by atoms with Gasteiger partial charge in [-0.1, -0.05) is 42.5 Å². The molecule has 146 valence electrons. The number of rotatable bonds is 9. The van der Waals surface area contributed by atoms with E-state index in [-0.39, 0.29) is 0 Å². The smallest absolute Gasteiger partial charge is 0.203 e. The molecule has 0 aliphatic carbocycles. The number of nitrogens with zero attached hydrogens (tertiary/aromatic N) is 2. The first kappa shape index (κ1) is 19.7. The third kappa shape index (κ3) is 4.81. The maximum atomic E-state index is 5.66. The molecule has 0 aliphatic heterocycles. The van der Waals surface area contributed by atoms with Gasteiger partial charge in [-0.3, -0.25) is 9.88 Å². The number of pyridine rings is 1. The lowest BCUT2D eigenvalue weighted by molar-refractivity contribution is 0.238. The maximum Gasteiger partial charge on any atom is 0.203 e. The summed E-state index contributed by atoms with van der Waals surface area (Å²) in [6, 6.07) is 20.4. The fourth-order valence-corrected chi connectivity index (χ4v) is 3.26. The third-order valence-corrected chi connectivity index (χ3v) is 4.54. The third-order valence-electron chi connectivity index (χ3n) is 4.54. The fraction of sp³-hybridized carbons (Fsp3) is 0.261. The Bertz CT molecular complexity index is 828. The summed E-state index contributed by atoms with van der Waals surface area (Å²) >= 11 is 0. The lowest BCUT2D eigenvalue weighted by atomic mass is 10.1. The van der Waals surface area contributed by atoms with Crippen LogP contribution < -0.4 is 14.2 Å². The van der Waals surface area contributed by atoms with Gasteiger partial charge in [0.25, 0.3) is 0 Å². The zero-order chi connectivity index (χ0) is 19.8. The van der Waals surface area contributed by atoms with E-state index >= 15 is 0 Å². The SMILES string of the molecule is COc1ccc(CN(Cc2ccccc2)Cc2ccccn2)c(OC)c1OC. The number of methoxy groups -OCH3 is 3. The van der Waals surface area contributed by atoms with Crippen LogP contribution in [-0.2, 0) is 19.6 Å². The molecular weight excluding hydrogens is 352 g/mol. The van der Waals surface area contributed by atoms with Gasteiger partial charge in [-0.15, -0.1) is 0 Å². The highest BCUT2D eigenvalue weighted by atomic mass is 16.5. The first-order valence-electron chi connectivity index (χ1n) is 9.19. The number of ether oxygens (including phenoxy) is 3. The minimum atomic E-state index is 0.611. The summed E-state index contributed by atoms with van der Waals surface area (Å²) < 4.78 is 16.6. The Morgan fingerprint density at radius 2 is 1.46 bits per heavy atom. The average Bonchev–Trinajstić information content (AvgIpc) is 2.74. The van der Waals surface area contributed by atoms with Gasteiger partial charge in [0.1, 0.15) is 0 Å². The second-order valence-electron chi connectivity index (χ2n) is 6.45. The van der Waals surface area contributed by atoms with Crippen molar-refractivity contribution < 1.29 is 14.2 Å². The molecule has 0 N–H and O–H groups in total. The normalized spacial score (nSPS) is 10.7. The largest absolute Gasteiger partial charge is 0.493 e. The van der Waals surface area contributed by atoms with E-state index in [1.165, 1.54) is 5.56 Å². The van der Waals surface area contributed by atoms with Crippen molar-refractivity contribution in [2.75, 3.05) is 21.3 Å². The van der Waals surface area contributed by atoms with Crippen LogP contribution >= 0.6 is 0 Å². The van der Waals surface area contributed by atoms with Gasteiger partial charge in [-0.05, 0) is 23.8 Å². The van der Waals surface area contributed by atoms with Gasteiger partial charge in [-0.2, -0.15) is 0 Å². The van der Waals surface area contributed by atoms with E-state index in [0.717, 1.165) is 24.3 Å². The molecule has 5 heteroatoms. The van der Waals surface area contributed by atoms with Crippen molar-refractivity contribution in [2.24, 2.45) is 0 Å². The summed E-state index contributed by atoms with van der Waals surface area (Å²) in [4.78, 5) is 6.82. The standard InChI is InChI=1S/C23H26N2O3/c1-26-21-13-12-19(22(27-2)23(21)28-3)16-25(15-18-9-5-4-6-10-18)17-20-11-7-8-14-24-20/h4-14H,15-17H2,1-3H3. The summed E-state index contributed by atoms with van der Waals surface area (Å²) in [5.74, 6) is 1.96. The van der Waals surface area contributed by atoms with Crippen molar-refractivity contribution in [3.8, 4) is 17.2 Å². The highest BCUT2D eigenvalue weighted by Gasteiger charge is 2.18. The van der Waals surface area contributed by atoms with Gasteiger partial charge in [0.05, 0.1) is 27.0 Å². The summed E-state index contributed by atoms with van der Waals surface area (Å²) in [5, 5.41) is 0. The molecule has 0 amide bonds. The van der Waals surface area contributed by atoms with Gasteiger partial charge in [0, 0.05) is 31.4 Å². The highest BCUT2D eigenvalue weighted by molar-refractivity contribution is 5.55. The van der Waals surface area contributed by atoms with E-state index in [1.807, 2.05) is 42.6 Å². The molecule has 0 radical (unpaired) electrons. The van der Waals surface area contributed by atoms with Crippen molar-refractivity contribution >= 4 is 0 Å². The molecule has 1 heterocycles. The van der Waals surface area contributed by atoms with E-state index in [0.29, 0.717) is 23.8 Å². The molecule has 5 nitrogen and oxygen atoms in total. The number of aromatic nitrogens is 1. The molecule has 28 heavy (non-hydrogen) atoms. The van der Waals surface area contributed by atoms with Gasteiger partial charge in [0.2, 0.25) is 5.75 Å². The van der Waals surface area contributed by atoms with Crippen molar-refractivity contribution in [1.82, 2.24) is 9.88 Å². The van der Waals surface area contributed by atoms with E-state index in [9.17, 15) is 0 Å². The lowest BCUT2D eigenvalue weighted by Gasteiger charge is -2.24. The first-order chi connectivity index (χ1) is 13.7. The molecule has 0 bridgehead atoms. The van der Waals surface area contributed by atoms with Gasteiger partial charge < -0.3 is 14.2 Å². The van der Waals surface area contributed by atoms with Gasteiger partial charge in [-0.25, -0.2) is 0 Å². The van der Waals surface area contributed by atoms with E-state index < -0.39 is 0 Å². The quantitative estimate of drug-likeness (QED) is 0.555. The molecule has 3 aromatic rings. The second-order valence-corrected chi connectivity index (χ2v) is 6.45. The van der Waals surface area contributed by atoms with Crippen LogP contribution in [0.5, 0.6) is 17.2 Å². The molecule has 0 saturated heterocycles. The Hall–Kier alpha value is -3.05. The van der Waals surface area contributed by atoms with Crippen LogP contribution in [0.15, 0.2) is 66.9 Å². The topological polar surface area (TPSA) is 43.8 Å². The van der Waals surface area contributed by atoms with E-state index in [4.69, 9.17) is 14.2 Å². The van der Waals surface area contributed by atoms with Crippen LogP contribution in [-0.4, -0.2) is 31.2 Å². The number of hydrogen-bond donors (Lipinski definition) is 0. The summed E-state index contributed by atoms with van der Waals surface area (Å²) in [7, 11) is 4.90. The number of hydrogen-bond acceptors (Lipinski definition) is 5. The molecular formula is C23H26N2O3. The van der Waals surface area contributed by atoms with Gasteiger partial charge >= 0.3 is 0 Å². The molecule has 0 unspecified atom stereocenters. The minimum absolute atomic E-state index is 0.611. The van der Waals surface area contributed by atoms with Crippen LogP contribution in [0.3, 0.4) is 0 Å². The predicted octanol–water partition coefficient (Wildman–Crippen LogP) is 4.31. The molecule has 3 rings (SSSR count). The van der Waals surface area contributed by atoms with E-state index in [1.54, 1.807) is 21.3 Å². The Balaban J connectivity index is 1.90. The Kier molecular flexibility index (Phi) is 6.87. The van der Waals surface area contributed by atoms with Crippen LogP contribution in [0.2, 0.25) is 0 Å². The van der Waals surface area contributed by atoms with Crippen LogP contribution in [0.25, 0.3) is 0 Å². The molecule has 0 atom stereocenters. The molecule has 2 aromatic carbocycles. The lowest BCUT2D eigenvalue weighted by Crippen LogP contribution is -2.23. The van der Waals surface area contributed by atoms with E-state index in [2.05, 4.69) is 34.1 Å². The second kappa shape index (κ2) is 9.76. The Morgan fingerprint density at radius 1 is 0.714 bits per heavy atom. The fourth-order valence-electron chi connectivity index (χ4n) is 3.26.